The average molecular weight is 796 g/mol. The van der Waals surface area contributed by atoms with Gasteiger partial charge in [-0.05, 0) is 92.1 Å². The van der Waals surface area contributed by atoms with Gasteiger partial charge in [-0.15, -0.1) is 0 Å². The minimum absolute atomic E-state index is 0.0770. The summed E-state index contributed by atoms with van der Waals surface area (Å²) in [6, 6.07) is 0. The summed E-state index contributed by atoms with van der Waals surface area (Å²) in [6.07, 6.45) is 5.65. The smallest absolute Gasteiger partial charge is 0.229 e. The van der Waals surface area contributed by atoms with Crippen LogP contribution in [0, 0.1) is 0 Å². The number of Topliss-reactive ketones (excluding diaryl/α,β-unsaturated/α-hetero) is 5. The SMILES string of the molecule is CCCCNCCCC(=O)CC(=O)CCCN(CCCC(=O)CC(C)=O)CC(O)CN(CCNC(=O)CC(C)=O)CCNC(=O)CC(=O)NCCCCCNC. The summed E-state index contributed by atoms with van der Waals surface area (Å²) in [5.74, 6) is -2.06. The van der Waals surface area contributed by atoms with Crippen molar-refractivity contribution in [2.75, 3.05) is 85.6 Å². The Morgan fingerprint density at radius 1 is 0.500 bits per heavy atom. The average Bonchev–Trinajstić information content (AvgIpc) is 3.10. The summed E-state index contributed by atoms with van der Waals surface area (Å²) < 4.78 is 0. The van der Waals surface area contributed by atoms with Gasteiger partial charge in [-0.25, -0.2) is 0 Å². The Balaban J connectivity index is 5.23. The van der Waals surface area contributed by atoms with Crippen LogP contribution in [-0.4, -0.2) is 153 Å². The number of amides is 3. The number of ketones is 5. The van der Waals surface area contributed by atoms with Crippen molar-refractivity contribution >= 4 is 46.6 Å². The fourth-order valence-electron chi connectivity index (χ4n) is 5.94. The van der Waals surface area contributed by atoms with Crippen LogP contribution < -0.4 is 26.6 Å². The van der Waals surface area contributed by atoms with Gasteiger partial charge in [0, 0.05) is 65.1 Å². The molecular formula is C40H73N7O9. The Kier molecular flexibility index (Phi) is 32.6. The van der Waals surface area contributed by atoms with Gasteiger partial charge < -0.3 is 36.6 Å². The van der Waals surface area contributed by atoms with Crippen molar-refractivity contribution in [3.05, 3.63) is 0 Å². The molecular weight excluding hydrogens is 722 g/mol. The van der Waals surface area contributed by atoms with E-state index in [0.29, 0.717) is 58.4 Å². The highest BCUT2D eigenvalue weighted by molar-refractivity contribution is 5.99. The number of nitrogens with one attached hydrogen (secondary N) is 5. The highest BCUT2D eigenvalue weighted by atomic mass is 16.3. The fourth-order valence-corrected chi connectivity index (χ4v) is 5.94. The third kappa shape index (κ3) is 33.9. The first-order chi connectivity index (χ1) is 26.7. The van der Waals surface area contributed by atoms with E-state index in [4.69, 9.17) is 0 Å². The van der Waals surface area contributed by atoms with Crippen molar-refractivity contribution < 1.29 is 43.5 Å². The molecule has 1 unspecified atom stereocenters. The molecule has 0 aromatic rings. The van der Waals surface area contributed by atoms with Crippen molar-refractivity contribution in [1.82, 2.24) is 36.4 Å². The number of aliphatic hydroxyl groups excluding tert-OH is 1. The molecule has 0 aromatic heterocycles. The second kappa shape index (κ2) is 34.8. The maximum Gasteiger partial charge on any atom is 0.229 e. The Hall–Kier alpha value is -3.44. The summed E-state index contributed by atoms with van der Waals surface area (Å²) in [6.45, 7) is 10.1. The predicted molar refractivity (Wildman–Crippen MR) is 216 cm³/mol. The molecule has 56 heavy (non-hydrogen) atoms. The third-order valence-electron chi connectivity index (χ3n) is 8.81. The zero-order valence-electron chi connectivity index (χ0n) is 34.8. The van der Waals surface area contributed by atoms with Crippen molar-refractivity contribution in [3.8, 4) is 0 Å². The van der Waals surface area contributed by atoms with Crippen molar-refractivity contribution in [2.45, 2.75) is 123 Å². The van der Waals surface area contributed by atoms with E-state index in [1.807, 2.05) is 16.8 Å². The number of rotatable bonds is 39. The summed E-state index contributed by atoms with van der Waals surface area (Å²) >= 11 is 0. The van der Waals surface area contributed by atoms with Crippen molar-refractivity contribution in [2.24, 2.45) is 0 Å². The van der Waals surface area contributed by atoms with Crippen LogP contribution in [0.4, 0.5) is 0 Å². The molecule has 0 aromatic carbocycles. The topological polar surface area (TPSA) is 223 Å². The number of carbonyl (C=O) groups is 8. The number of carbonyl (C=O) groups excluding carboxylic acids is 8. The summed E-state index contributed by atoms with van der Waals surface area (Å²) in [5, 5.41) is 25.8. The number of hydrogen-bond acceptors (Lipinski definition) is 13. The van der Waals surface area contributed by atoms with Crippen LogP contribution >= 0.6 is 0 Å². The highest BCUT2D eigenvalue weighted by Gasteiger charge is 2.19. The number of hydrogen-bond donors (Lipinski definition) is 6. The van der Waals surface area contributed by atoms with Gasteiger partial charge in [0.25, 0.3) is 0 Å². The maximum atomic E-state index is 12.6. The van der Waals surface area contributed by atoms with Crippen LogP contribution in [0.2, 0.25) is 0 Å². The lowest BCUT2D eigenvalue weighted by Crippen LogP contribution is -2.46. The van der Waals surface area contributed by atoms with Gasteiger partial charge in [0.05, 0.1) is 25.4 Å². The van der Waals surface area contributed by atoms with Crippen LogP contribution in [0.25, 0.3) is 0 Å². The standard InChI is InChI=1S/C40H73N7O9/c1-5-6-17-42-18-10-13-35(51)28-36(52)15-12-23-46(22-11-14-34(50)26-32(2)48)30-37(53)31-47(24-20-44-38(54)27-33(3)49)25-21-45-40(56)29-39(55)43-19-9-7-8-16-41-4/h37,41-42,53H,5-31H2,1-4H3,(H,43,55)(H,44,54)(H,45,56). The van der Waals surface area contributed by atoms with Gasteiger partial charge in [0.1, 0.15) is 35.3 Å². The lowest BCUT2D eigenvalue weighted by Gasteiger charge is -2.29. The zero-order chi connectivity index (χ0) is 42.0. The Morgan fingerprint density at radius 3 is 1.50 bits per heavy atom. The Labute approximate surface area is 334 Å². The Bertz CT molecular complexity index is 1100. The Morgan fingerprint density at radius 2 is 0.964 bits per heavy atom. The van der Waals surface area contributed by atoms with Crippen LogP contribution in [0.5, 0.6) is 0 Å². The van der Waals surface area contributed by atoms with E-state index in [-0.39, 0.29) is 99.5 Å². The molecule has 0 spiro atoms. The molecule has 322 valence electrons. The highest BCUT2D eigenvalue weighted by Crippen LogP contribution is 2.07. The zero-order valence-corrected chi connectivity index (χ0v) is 34.8. The number of aliphatic hydroxyl groups is 1. The molecule has 0 saturated carbocycles. The first-order valence-corrected chi connectivity index (χ1v) is 20.6. The molecule has 0 aliphatic carbocycles. The van der Waals surface area contributed by atoms with E-state index in [9.17, 15) is 43.5 Å². The number of nitrogens with zero attached hydrogens (tertiary/aromatic N) is 2. The molecule has 16 heteroatoms. The molecule has 1 atom stereocenters. The second-order valence-corrected chi connectivity index (χ2v) is 14.6. The molecule has 0 radical (unpaired) electrons. The molecule has 0 rings (SSSR count). The molecule has 0 aliphatic heterocycles. The monoisotopic (exact) mass is 796 g/mol. The van der Waals surface area contributed by atoms with Crippen molar-refractivity contribution in [3.63, 3.8) is 0 Å². The largest absolute Gasteiger partial charge is 0.390 e. The summed E-state index contributed by atoms with van der Waals surface area (Å²) in [5.41, 5.74) is 0. The van der Waals surface area contributed by atoms with Gasteiger partial charge >= 0.3 is 0 Å². The predicted octanol–water partition coefficient (Wildman–Crippen LogP) is 0.866. The van der Waals surface area contributed by atoms with Crippen LogP contribution in [0.15, 0.2) is 0 Å². The van der Waals surface area contributed by atoms with Crippen LogP contribution in [0.1, 0.15) is 117 Å². The molecule has 0 saturated heterocycles. The van der Waals surface area contributed by atoms with E-state index < -0.39 is 17.9 Å². The van der Waals surface area contributed by atoms with E-state index in [2.05, 4.69) is 33.5 Å². The summed E-state index contributed by atoms with van der Waals surface area (Å²) in [4.78, 5) is 100. The fraction of sp³-hybridized carbons (Fsp3) is 0.800. The first-order valence-electron chi connectivity index (χ1n) is 20.6. The molecule has 0 fully saturated rings. The van der Waals surface area contributed by atoms with E-state index in [0.717, 1.165) is 51.7 Å². The molecule has 16 nitrogen and oxygen atoms in total. The molecule has 6 N–H and O–H groups in total. The quantitative estimate of drug-likeness (QED) is 0.0376. The molecule has 3 amide bonds. The molecule has 0 heterocycles. The van der Waals surface area contributed by atoms with Gasteiger partial charge in [-0.3, -0.25) is 43.3 Å². The van der Waals surface area contributed by atoms with E-state index in [1.165, 1.54) is 13.8 Å². The van der Waals surface area contributed by atoms with E-state index >= 15 is 0 Å². The van der Waals surface area contributed by atoms with Gasteiger partial charge in [-0.2, -0.15) is 0 Å². The summed E-state index contributed by atoms with van der Waals surface area (Å²) in [7, 11) is 1.88. The minimum Gasteiger partial charge on any atom is -0.390 e. The van der Waals surface area contributed by atoms with Crippen molar-refractivity contribution in [1.29, 1.82) is 0 Å². The second-order valence-electron chi connectivity index (χ2n) is 14.6. The maximum absolute atomic E-state index is 12.6. The lowest BCUT2D eigenvalue weighted by molar-refractivity contribution is -0.130. The first kappa shape index (κ1) is 52.6. The molecule has 0 aliphatic rings. The van der Waals surface area contributed by atoms with Crippen LogP contribution in [-0.2, 0) is 38.4 Å². The lowest BCUT2D eigenvalue weighted by atomic mass is 10.1. The number of unbranched alkanes of at least 4 members (excludes halogenated alkanes) is 3. The van der Waals surface area contributed by atoms with E-state index in [1.54, 1.807) is 0 Å². The van der Waals surface area contributed by atoms with Gasteiger partial charge in [0.2, 0.25) is 17.7 Å². The third-order valence-corrected chi connectivity index (χ3v) is 8.81. The molecule has 0 bridgehead atoms. The normalized spacial score (nSPS) is 11.7. The van der Waals surface area contributed by atoms with Gasteiger partial charge in [-0.1, -0.05) is 19.8 Å². The van der Waals surface area contributed by atoms with Gasteiger partial charge in [0.15, 0.2) is 0 Å². The minimum atomic E-state index is -0.895. The van der Waals surface area contributed by atoms with Crippen LogP contribution in [0.3, 0.4) is 0 Å².